The second-order valence-corrected chi connectivity index (χ2v) is 10.2. The third-order valence-electron chi connectivity index (χ3n) is 7.26. The van der Waals surface area contributed by atoms with Gasteiger partial charge in [0.2, 0.25) is 17.6 Å². The fourth-order valence-electron chi connectivity index (χ4n) is 5.23. The maximum atomic E-state index is 13.5. The molecule has 40 heavy (non-hydrogen) atoms. The number of hydrogen-bond acceptors (Lipinski definition) is 8. The van der Waals surface area contributed by atoms with Gasteiger partial charge >= 0.3 is 0 Å². The van der Waals surface area contributed by atoms with Gasteiger partial charge in [-0.3, -0.25) is 14.4 Å². The van der Waals surface area contributed by atoms with Gasteiger partial charge in [0.25, 0.3) is 5.91 Å². The second kappa shape index (κ2) is 11.1. The predicted molar refractivity (Wildman–Crippen MR) is 146 cm³/mol. The molecule has 11 nitrogen and oxygen atoms in total. The molecule has 1 saturated heterocycles. The minimum absolute atomic E-state index is 0.00622. The molecule has 0 aromatic carbocycles. The van der Waals surface area contributed by atoms with E-state index in [1.165, 1.54) is 12.5 Å². The van der Waals surface area contributed by atoms with Gasteiger partial charge in [0.1, 0.15) is 29.3 Å². The number of anilines is 2. The van der Waals surface area contributed by atoms with Gasteiger partial charge in [-0.05, 0) is 62.1 Å². The van der Waals surface area contributed by atoms with Crippen LogP contribution in [0.3, 0.4) is 0 Å². The Kier molecular flexibility index (Phi) is 7.23. The molecular formula is C28H26ClN5O6. The molecule has 4 aromatic heterocycles. The average molecular weight is 564 g/mol. The van der Waals surface area contributed by atoms with Crippen molar-refractivity contribution in [3.8, 4) is 11.5 Å². The lowest BCUT2D eigenvalue weighted by atomic mass is 9.84. The van der Waals surface area contributed by atoms with E-state index in [0.717, 1.165) is 0 Å². The summed E-state index contributed by atoms with van der Waals surface area (Å²) < 4.78 is 16.6. The molecule has 0 radical (unpaired) electrons. The van der Waals surface area contributed by atoms with Gasteiger partial charge in [-0.2, -0.15) is 0 Å². The number of pyridine rings is 2. The number of aromatic nitrogens is 2. The topological polar surface area (TPSA) is 140 Å². The van der Waals surface area contributed by atoms with Crippen LogP contribution in [0.25, 0.3) is 22.6 Å². The normalized spacial score (nSPS) is 19.5. The lowest BCUT2D eigenvalue weighted by Crippen LogP contribution is -2.49. The summed E-state index contributed by atoms with van der Waals surface area (Å²) in [5.74, 6) is -0.430. The van der Waals surface area contributed by atoms with Crippen LogP contribution in [0, 0.1) is 5.92 Å². The van der Waals surface area contributed by atoms with Gasteiger partial charge in [-0.15, -0.1) is 0 Å². The van der Waals surface area contributed by atoms with E-state index in [0.29, 0.717) is 66.4 Å². The number of ether oxygens (including phenoxy) is 1. The number of halogens is 1. The molecule has 0 unspecified atom stereocenters. The van der Waals surface area contributed by atoms with Gasteiger partial charge in [0, 0.05) is 24.7 Å². The van der Waals surface area contributed by atoms with Gasteiger partial charge in [-0.25, -0.2) is 9.97 Å². The maximum Gasteiger partial charge on any atom is 0.294 e. The Morgan fingerprint density at radius 3 is 2.62 bits per heavy atom. The molecule has 0 spiro atoms. The Morgan fingerprint density at radius 1 is 1.05 bits per heavy atom. The molecule has 6 rings (SSSR count). The second-order valence-electron chi connectivity index (χ2n) is 9.78. The molecule has 0 atom stereocenters. The fraction of sp³-hybridized carbons (Fsp3) is 0.321. The van der Waals surface area contributed by atoms with Crippen molar-refractivity contribution in [3.63, 3.8) is 0 Å². The Labute approximate surface area is 233 Å². The molecule has 5 heterocycles. The summed E-state index contributed by atoms with van der Waals surface area (Å²) in [6, 6.07) is 10.2. The number of fused-ring (bicyclic) bond motifs is 1. The van der Waals surface area contributed by atoms with Crippen LogP contribution in [0.2, 0.25) is 5.02 Å². The SMILES string of the molecule is O=C(Nc1ccc(Cl)cn1)c1oc2ccc(-c3ccco3)nc2c1NC(=O)[C@H]1CC[C@H](N2CCOCC2=O)CC1. The largest absolute Gasteiger partial charge is 0.463 e. The highest BCUT2D eigenvalue weighted by molar-refractivity contribution is 6.30. The number of nitrogens with zero attached hydrogens (tertiary/aromatic N) is 3. The van der Waals surface area contributed by atoms with Gasteiger partial charge in [0.15, 0.2) is 11.3 Å². The predicted octanol–water partition coefficient (Wildman–Crippen LogP) is 4.74. The summed E-state index contributed by atoms with van der Waals surface area (Å²) >= 11 is 5.91. The van der Waals surface area contributed by atoms with Gasteiger partial charge in [-0.1, -0.05) is 11.6 Å². The van der Waals surface area contributed by atoms with Crippen molar-refractivity contribution < 1.29 is 28.0 Å². The lowest BCUT2D eigenvalue weighted by molar-refractivity contribution is -0.146. The van der Waals surface area contributed by atoms with E-state index in [1.807, 2.05) is 4.90 Å². The van der Waals surface area contributed by atoms with E-state index < -0.39 is 5.91 Å². The van der Waals surface area contributed by atoms with Crippen molar-refractivity contribution in [3.05, 3.63) is 59.6 Å². The number of nitrogens with one attached hydrogen (secondary N) is 2. The first-order valence-corrected chi connectivity index (χ1v) is 13.4. The zero-order valence-corrected chi connectivity index (χ0v) is 22.1. The molecule has 3 amide bonds. The van der Waals surface area contributed by atoms with E-state index >= 15 is 0 Å². The van der Waals surface area contributed by atoms with Crippen LogP contribution in [-0.2, 0) is 14.3 Å². The Bertz CT molecular complexity index is 1540. The van der Waals surface area contributed by atoms with Crippen LogP contribution in [-0.4, -0.2) is 58.4 Å². The van der Waals surface area contributed by atoms with Crippen LogP contribution in [0.4, 0.5) is 11.5 Å². The Hall–Kier alpha value is -4.22. The van der Waals surface area contributed by atoms with Crippen molar-refractivity contribution in [2.45, 2.75) is 31.7 Å². The van der Waals surface area contributed by atoms with Gasteiger partial charge in [0.05, 0.1) is 17.9 Å². The number of carbonyl (C=O) groups excluding carboxylic acids is 3. The van der Waals surface area contributed by atoms with Crippen molar-refractivity contribution in [1.29, 1.82) is 0 Å². The van der Waals surface area contributed by atoms with E-state index in [9.17, 15) is 14.4 Å². The lowest BCUT2D eigenvalue weighted by Gasteiger charge is -2.38. The summed E-state index contributed by atoms with van der Waals surface area (Å²) in [4.78, 5) is 49.6. The van der Waals surface area contributed by atoms with E-state index in [-0.39, 0.29) is 47.6 Å². The van der Waals surface area contributed by atoms with Crippen LogP contribution in [0.1, 0.15) is 36.2 Å². The molecule has 1 aliphatic heterocycles. The molecule has 2 aliphatic rings. The highest BCUT2D eigenvalue weighted by Gasteiger charge is 2.34. The molecule has 206 valence electrons. The molecule has 2 fully saturated rings. The third kappa shape index (κ3) is 5.30. The van der Waals surface area contributed by atoms with Gasteiger partial charge < -0.3 is 29.1 Å². The number of morpholine rings is 1. The van der Waals surface area contributed by atoms with Crippen molar-refractivity contribution in [2.24, 2.45) is 5.92 Å². The van der Waals surface area contributed by atoms with Crippen LogP contribution < -0.4 is 10.6 Å². The van der Waals surface area contributed by atoms with Crippen LogP contribution in [0.5, 0.6) is 0 Å². The van der Waals surface area contributed by atoms with Crippen molar-refractivity contribution in [2.75, 3.05) is 30.4 Å². The molecule has 0 bridgehead atoms. The zero-order chi connectivity index (χ0) is 27.6. The van der Waals surface area contributed by atoms with Crippen molar-refractivity contribution >= 4 is 51.9 Å². The quantitative estimate of drug-likeness (QED) is 0.343. The first-order valence-electron chi connectivity index (χ1n) is 13.0. The summed E-state index contributed by atoms with van der Waals surface area (Å²) in [7, 11) is 0. The number of hydrogen-bond donors (Lipinski definition) is 2. The van der Waals surface area contributed by atoms with Crippen LogP contribution >= 0.6 is 11.6 Å². The first-order chi connectivity index (χ1) is 19.5. The molecular weight excluding hydrogens is 538 g/mol. The minimum Gasteiger partial charge on any atom is -0.463 e. The first kappa shape index (κ1) is 26.0. The highest BCUT2D eigenvalue weighted by atomic mass is 35.5. The molecule has 2 N–H and O–H groups in total. The highest BCUT2D eigenvalue weighted by Crippen LogP contribution is 2.35. The summed E-state index contributed by atoms with van der Waals surface area (Å²) in [6.07, 6.45) is 5.60. The van der Waals surface area contributed by atoms with E-state index in [2.05, 4.69) is 20.6 Å². The molecule has 4 aromatic rings. The molecule has 12 heteroatoms. The zero-order valence-electron chi connectivity index (χ0n) is 21.4. The number of amides is 3. The standard InChI is InChI=1S/C28H26ClN5O6/c29-17-5-10-22(30-14-17)32-28(37)26-25(24-21(40-26)9-8-19(31-24)20-2-1-12-39-20)33-27(36)16-3-6-18(7-4-16)34-11-13-38-15-23(34)35/h1-2,5,8-10,12,14,16,18H,3-4,6-7,11,13,15H2,(H,33,36)(H,30,32,37)/t16-,18-. The number of carbonyl (C=O) groups is 3. The smallest absolute Gasteiger partial charge is 0.294 e. The monoisotopic (exact) mass is 563 g/mol. The minimum atomic E-state index is -0.600. The summed E-state index contributed by atoms with van der Waals surface area (Å²) in [6.45, 7) is 1.21. The fourth-order valence-corrected chi connectivity index (χ4v) is 5.34. The van der Waals surface area contributed by atoms with E-state index in [1.54, 1.807) is 36.4 Å². The average Bonchev–Trinajstić information content (AvgIpc) is 3.63. The van der Waals surface area contributed by atoms with E-state index in [4.69, 9.17) is 25.2 Å². The molecule has 1 aliphatic carbocycles. The number of rotatable bonds is 6. The number of furan rings is 2. The summed E-state index contributed by atoms with van der Waals surface area (Å²) in [5, 5.41) is 6.03. The van der Waals surface area contributed by atoms with Crippen LogP contribution in [0.15, 0.2) is 57.7 Å². The Balaban J connectivity index is 1.25. The molecule has 1 saturated carbocycles. The maximum absolute atomic E-state index is 13.5. The Morgan fingerprint density at radius 2 is 1.90 bits per heavy atom. The van der Waals surface area contributed by atoms with Crippen molar-refractivity contribution in [1.82, 2.24) is 14.9 Å². The third-order valence-corrected chi connectivity index (χ3v) is 7.49. The summed E-state index contributed by atoms with van der Waals surface area (Å²) in [5.41, 5.74) is 1.35.